The molecule has 0 bridgehead atoms. The summed E-state index contributed by atoms with van der Waals surface area (Å²) in [5.41, 5.74) is 2.55. The minimum atomic E-state index is -3.40. The zero-order valence-corrected chi connectivity index (χ0v) is 18.9. The van der Waals surface area contributed by atoms with Gasteiger partial charge < -0.3 is 5.32 Å². The summed E-state index contributed by atoms with van der Waals surface area (Å²) in [4.78, 5) is 22.1. The minimum Gasteiger partial charge on any atom is -0.351 e. The first-order valence-electron chi connectivity index (χ1n) is 10.2. The first-order chi connectivity index (χ1) is 14.9. The lowest BCUT2D eigenvalue weighted by molar-refractivity contribution is 0.0957. The van der Waals surface area contributed by atoms with E-state index in [1.165, 1.54) is 11.3 Å². The molecule has 1 fully saturated rings. The predicted octanol–water partition coefficient (Wildman–Crippen LogP) is 3.27. The normalized spacial score (nSPS) is 14.6. The van der Waals surface area contributed by atoms with Crippen molar-refractivity contribution in [2.24, 2.45) is 0 Å². The third-order valence-electron chi connectivity index (χ3n) is 5.24. The van der Waals surface area contributed by atoms with Crippen LogP contribution >= 0.6 is 11.3 Å². The van der Waals surface area contributed by atoms with Gasteiger partial charge in [-0.15, -0.1) is 11.3 Å². The van der Waals surface area contributed by atoms with Crippen LogP contribution in [0.5, 0.6) is 0 Å². The number of hydrogen-bond acceptors (Lipinski definition) is 6. The largest absolute Gasteiger partial charge is 0.351 e. The molecule has 0 aliphatic carbocycles. The molecule has 1 amide bonds. The van der Waals surface area contributed by atoms with E-state index in [-0.39, 0.29) is 5.91 Å². The zero-order chi connectivity index (χ0) is 21.8. The fourth-order valence-electron chi connectivity index (χ4n) is 3.53. The molecule has 1 aliphatic rings. The second-order valence-corrected chi connectivity index (χ2v) is 10.4. The second-order valence-electron chi connectivity index (χ2n) is 7.44. The lowest BCUT2D eigenvalue weighted by Crippen LogP contribution is -2.28. The van der Waals surface area contributed by atoms with Gasteiger partial charge in [-0.1, -0.05) is 12.1 Å². The van der Waals surface area contributed by atoms with Crippen LogP contribution in [-0.4, -0.2) is 48.2 Å². The van der Waals surface area contributed by atoms with Crippen LogP contribution in [0.4, 0.5) is 0 Å². The Kier molecular flexibility index (Phi) is 6.45. The van der Waals surface area contributed by atoms with Gasteiger partial charge in [0.15, 0.2) is 0 Å². The number of aryl methyl sites for hydroxylation is 1. The predicted molar refractivity (Wildman–Crippen MR) is 121 cm³/mol. The number of carbonyl (C=O) groups is 1. The van der Waals surface area contributed by atoms with Crippen LogP contribution in [-0.2, 0) is 16.4 Å². The minimum absolute atomic E-state index is 0.154. The summed E-state index contributed by atoms with van der Waals surface area (Å²) in [7, 11) is -3.40. The number of thiazole rings is 1. The van der Waals surface area contributed by atoms with Crippen molar-refractivity contribution in [3.8, 4) is 10.6 Å². The van der Waals surface area contributed by atoms with Crippen LogP contribution in [0.3, 0.4) is 0 Å². The fraction of sp³-hybridized carbons (Fsp3) is 0.318. The average Bonchev–Trinajstić information content (AvgIpc) is 3.45. The summed E-state index contributed by atoms with van der Waals surface area (Å²) in [5, 5.41) is 3.70. The fourth-order valence-corrected chi connectivity index (χ4v) is 6.02. The number of aromatic nitrogens is 2. The molecule has 1 aromatic carbocycles. The number of nitrogens with zero attached hydrogens (tertiary/aromatic N) is 3. The monoisotopic (exact) mass is 456 g/mol. The molecular formula is C22H24N4O3S2. The van der Waals surface area contributed by atoms with Crippen molar-refractivity contribution in [2.75, 3.05) is 19.6 Å². The number of carbonyl (C=O) groups excluding carboxylic acids is 1. The number of sulfonamides is 1. The number of amides is 1. The van der Waals surface area contributed by atoms with E-state index >= 15 is 0 Å². The Balaban J connectivity index is 1.34. The molecule has 3 heterocycles. The Morgan fingerprint density at radius 1 is 1.16 bits per heavy atom. The first-order valence-corrected chi connectivity index (χ1v) is 12.5. The molecule has 1 aliphatic heterocycles. The maximum Gasteiger partial charge on any atom is 0.263 e. The SMILES string of the molecule is Cc1nc(-c2cccnc2)sc1C(=O)NCCc1ccc(S(=O)(=O)N2CCCC2)cc1. The van der Waals surface area contributed by atoms with Gasteiger partial charge in [-0.25, -0.2) is 13.4 Å². The molecule has 1 N–H and O–H groups in total. The Hall–Kier alpha value is -2.62. The van der Waals surface area contributed by atoms with E-state index in [1.807, 2.05) is 31.2 Å². The summed E-state index contributed by atoms with van der Waals surface area (Å²) in [6, 6.07) is 10.7. The first kappa shape index (κ1) is 21.6. The van der Waals surface area contributed by atoms with Gasteiger partial charge in [-0.2, -0.15) is 4.31 Å². The lowest BCUT2D eigenvalue weighted by Gasteiger charge is -2.15. The molecular weight excluding hydrogens is 432 g/mol. The van der Waals surface area contributed by atoms with Crippen LogP contribution in [0.2, 0.25) is 0 Å². The highest BCUT2D eigenvalue weighted by Crippen LogP contribution is 2.27. The maximum absolute atomic E-state index is 12.6. The van der Waals surface area contributed by atoms with Gasteiger partial charge in [0, 0.05) is 37.6 Å². The summed E-state index contributed by atoms with van der Waals surface area (Å²) in [5.74, 6) is -0.154. The highest BCUT2D eigenvalue weighted by molar-refractivity contribution is 7.89. The van der Waals surface area contributed by atoms with Gasteiger partial charge in [0.25, 0.3) is 5.91 Å². The van der Waals surface area contributed by atoms with E-state index in [1.54, 1.807) is 28.8 Å². The summed E-state index contributed by atoms with van der Waals surface area (Å²) in [6.07, 6.45) is 5.88. The molecule has 1 saturated heterocycles. The Labute approximate surface area is 186 Å². The molecule has 0 unspecified atom stereocenters. The van der Waals surface area contributed by atoms with Crippen LogP contribution < -0.4 is 5.32 Å². The molecule has 2 aromatic heterocycles. The van der Waals surface area contributed by atoms with Gasteiger partial charge in [-0.05, 0) is 56.0 Å². The van der Waals surface area contributed by atoms with Crippen molar-refractivity contribution in [3.63, 3.8) is 0 Å². The third-order valence-corrected chi connectivity index (χ3v) is 8.35. The lowest BCUT2D eigenvalue weighted by atomic mass is 10.1. The summed E-state index contributed by atoms with van der Waals surface area (Å²) < 4.78 is 26.7. The Bertz CT molecular complexity index is 1150. The smallest absolute Gasteiger partial charge is 0.263 e. The van der Waals surface area contributed by atoms with Crippen molar-refractivity contribution in [3.05, 3.63) is 64.9 Å². The van der Waals surface area contributed by atoms with Crippen LogP contribution in [0.15, 0.2) is 53.7 Å². The molecule has 0 radical (unpaired) electrons. The van der Waals surface area contributed by atoms with E-state index in [2.05, 4.69) is 15.3 Å². The van der Waals surface area contributed by atoms with Crippen LogP contribution in [0.1, 0.15) is 33.8 Å². The summed E-state index contributed by atoms with van der Waals surface area (Å²) in [6.45, 7) is 3.46. The molecule has 0 spiro atoms. The Morgan fingerprint density at radius 3 is 2.58 bits per heavy atom. The maximum atomic E-state index is 12.6. The molecule has 0 atom stereocenters. The zero-order valence-electron chi connectivity index (χ0n) is 17.2. The van der Waals surface area contributed by atoms with Crippen molar-refractivity contribution in [1.82, 2.24) is 19.6 Å². The van der Waals surface area contributed by atoms with E-state index in [9.17, 15) is 13.2 Å². The molecule has 4 rings (SSSR count). The van der Waals surface area contributed by atoms with Gasteiger partial charge in [-0.3, -0.25) is 9.78 Å². The number of benzene rings is 1. The van der Waals surface area contributed by atoms with Crippen LogP contribution in [0.25, 0.3) is 10.6 Å². The van der Waals surface area contributed by atoms with Gasteiger partial charge in [0.2, 0.25) is 10.0 Å². The van der Waals surface area contributed by atoms with E-state index in [4.69, 9.17) is 0 Å². The molecule has 3 aromatic rings. The van der Waals surface area contributed by atoms with Gasteiger partial charge in [0.05, 0.1) is 10.6 Å². The molecule has 31 heavy (non-hydrogen) atoms. The number of hydrogen-bond donors (Lipinski definition) is 1. The highest BCUT2D eigenvalue weighted by atomic mass is 32.2. The summed E-state index contributed by atoms with van der Waals surface area (Å²) >= 11 is 1.35. The molecule has 7 nitrogen and oxygen atoms in total. The molecule has 0 saturated carbocycles. The average molecular weight is 457 g/mol. The number of pyridine rings is 1. The van der Waals surface area contributed by atoms with E-state index < -0.39 is 10.0 Å². The standard InChI is InChI=1S/C22H24N4O3S2/c1-16-20(30-22(25-16)18-5-4-11-23-15-18)21(27)24-12-10-17-6-8-19(9-7-17)31(28,29)26-13-2-3-14-26/h4-9,11,15H,2-3,10,12-14H2,1H3,(H,24,27). The van der Waals surface area contributed by atoms with Crippen molar-refractivity contribution in [1.29, 1.82) is 0 Å². The van der Waals surface area contributed by atoms with E-state index in [0.29, 0.717) is 41.5 Å². The van der Waals surface area contributed by atoms with E-state index in [0.717, 1.165) is 29.0 Å². The highest BCUT2D eigenvalue weighted by Gasteiger charge is 2.26. The Morgan fingerprint density at radius 2 is 1.90 bits per heavy atom. The topological polar surface area (TPSA) is 92.3 Å². The van der Waals surface area contributed by atoms with Crippen molar-refractivity contribution >= 4 is 27.3 Å². The van der Waals surface area contributed by atoms with Gasteiger partial charge in [0.1, 0.15) is 9.88 Å². The number of nitrogens with one attached hydrogen (secondary N) is 1. The quantitative estimate of drug-likeness (QED) is 0.589. The second kappa shape index (κ2) is 9.25. The van der Waals surface area contributed by atoms with Crippen LogP contribution in [0, 0.1) is 6.92 Å². The van der Waals surface area contributed by atoms with Crippen molar-refractivity contribution < 1.29 is 13.2 Å². The molecule has 9 heteroatoms. The number of rotatable bonds is 7. The third kappa shape index (κ3) is 4.84. The van der Waals surface area contributed by atoms with Gasteiger partial charge >= 0.3 is 0 Å². The molecule has 162 valence electrons. The van der Waals surface area contributed by atoms with Crippen molar-refractivity contribution in [2.45, 2.75) is 31.1 Å².